The third-order valence-corrected chi connectivity index (χ3v) is 27.0. The first-order chi connectivity index (χ1) is 2.79. The van der Waals surface area contributed by atoms with Crippen molar-refractivity contribution in [1.29, 1.82) is 0 Å². The standard InChI is InChI=1S/H2P2S4/c3-1-5-2(4)6-1/h1-2H. The number of hydrogen-bond donors (Lipinski definition) is 0. The van der Waals surface area contributed by atoms with Crippen LogP contribution in [-0.2, 0) is 24.5 Å². The highest BCUT2D eigenvalue weighted by atomic mass is 33.8. The summed E-state index contributed by atoms with van der Waals surface area (Å²) in [5, 5.41) is 0. The molecular weight excluding hydrogens is 190 g/mol. The van der Waals surface area contributed by atoms with Crippen LogP contribution in [0.4, 0.5) is 0 Å². The van der Waals surface area contributed by atoms with E-state index in [-0.39, 0.29) is 11.1 Å². The van der Waals surface area contributed by atoms with Crippen molar-refractivity contribution in [2.75, 3.05) is 0 Å². The summed E-state index contributed by atoms with van der Waals surface area (Å²) in [6, 6.07) is 0. The third-order valence-electron chi connectivity index (χ3n) is 0.333. The molecule has 0 atom stereocenters. The molecule has 0 aromatic carbocycles. The molecule has 1 saturated heterocycles. The van der Waals surface area contributed by atoms with Crippen molar-refractivity contribution in [2.45, 2.75) is 0 Å². The number of rotatable bonds is 0. The maximum Gasteiger partial charge on any atom is 0.167 e. The molecular formula is H2P2S4. The first-order valence-electron chi connectivity index (χ1n) is 1.22. The predicted molar refractivity (Wildman–Crippen MR) is 46.5 cm³/mol. The van der Waals surface area contributed by atoms with Crippen molar-refractivity contribution >= 4 is 57.6 Å². The van der Waals surface area contributed by atoms with E-state index in [0.717, 1.165) is 0 Å². The molecule has 1 heterocycles. The van der Waals surface area contributed by atoms with Gasteiger partial charge in [0.15, 0.2) is 22.0 Å². The fraction of sp³-hybridized carbons (Fsp3) is 0. The smallest absolute Gasteiger partial charge is 0.167 e. The van der Waals surface area contributed by atoms with Crippen molar-refractivity contribution in [3.63, 3.8) is 0 Å². The maximum absolute atomic E-state index is 4.93. The summed E-state index contributed by atoms with van der Waals surface area (Å²) < 4.78 is 0. The van der Waals surface area contributed by atoms with E-state index < -0.39 is 0 Å². The van der Waals surface area contributed by atoms with E-state index in [2.05, 4.69) is 0 Å². The molecule has 0 N–H and O–H groups in total. The van der Waals surface area contributed by atoms with Gasteiger partial charge >= 0.3 is 0 Å². The van der Waals surface area contributed by atoms with Gasteiger partial charge in [-0.2, -0.15) is 0 Å². The highest BCUT2D eigenvalue weighted by Gasteiger charge is 2.31. The molecule has 0 saturated carbocycles. The van der Waals surface area contributed by atoms with E-state index >= 15 is 0 Å². The summed E-state index contributed by atoms with van der Waals surface area (Å²) in [6.45, 7) is 0. The Balaban J connectivity index is 2.11. The van der Waals surface area contributed by atoms with Gasteiger partial charge in [0.2, 0.25) is 0 Å². The molecule has 0 spiro atoms. The molecule has 0 aromatic rings. The minimum atomic E-state index is -0.384. The van der Waals surface area contributed by atoms with Gasteiger partial charge in [-0.15, -0.1) is 0 Å². The quantitative estimate of drug-likeness (QED) is 0.427. The molecule has 0 bridgehead atoms. The molecule has 0 radical (unpaired) electrons. The molecule has 1 aliphatic heterocycles. The Morgan fingerprint density at radius 2 is 1.33 bits per heavy atom. The van der Waals surface area contributed by atoms with Gasteiger partial charge in [-0.3, -0.25) is 0 Å². The highest BCUT2D eigenvalue weighted by Crippen LogP contribution is 2.95. The lowest BCUT2D eigenvalue weighted by Gasteiger charge is -2.20. The van der Waals surface area contributed by atoms with Crippen LogP contribution < -0.4 is 0 Å². The second-order valence-electron chi connectivity index (χ2n) is 0.704. The summed E-state index contributed by atoms with van der Waals surface area (Å²) in [7, 11) is 0. The Bertz CT molecular complexity index is 41.5. The Labute approximate surface area is 57.4 Å². The largest absolute Gasteiger partial charge is 0.527 e. The van der Waals surface area contributed by atoms with Crippen LogP contribution >= 0.6 is 33.1 Å². The Morgan fingerprint density at radius 1 is 1.00 bits per heavy atom. The summed E-state index contributed by atoms with van der Waals surface area (Å²) >= 11 is 13.6. The van der Waals surface area contributed by atoms with Gasteiger partial charge in [0.25, 0.3) is 0 Å². The average Bonchev–Trinajstić information content (AvgIpc) is 1.33. The Hall–Kier alpha value is 2.26. The molecule has 0 aromatic heterocycles. The second-order valence-corrected chi connectivity index (χ2v) is 19.0. The SMILES string of the molecule is [S-][PH+]1S[PH+]([S-])S1. The van der Waals surface area contributed by atoms with Crippen LogP contribution in [0.3, 0.4) is 0 Å². The Morgan fingerprint density at radius 3 is 1.33 bits per heavy atom. The lowest BCUT2D eigenvalue weighted by Crippen LogP contribution is -1.57. The fourth-order valence-electron chi connectivity index (χ4n) is 0.144. The van der Waals surface area contributed by atoms with Crippen LogP contribution in [0, 0.1) is 0 Å². The van der Waals surface area contributed by atoms with E-state index in [9.17, 15) is 0 Å². The van der Waals surface area contributed by atoms with Crippen molar-refractivity contribution in [1.82, 2.24) is 0 Å². The minimum Gasteiger partial charge on any atom is -0.527 e. The van der Waals surface area contributed by atoms with Crippen molar-refractivity contribution in [2.24, 2.45) is 0 Å². The van der Waals surface area contributed by atoms with Gasteiger partial charge in [-0.25, -0.2) is 0 Å². The molecule has 6 heavy (non-hydrogen) atoms. The first-order valence-corrected chi connectivity index (χ1v) is 11.0. The van der Waals surface area contributed by atoms with E-state index in [1.165, 1.54) is 0 Å². The molecule has 1 aliphatic rings. The zero-order chi connectivity index (χ0) is 4.57. The zero-order valence-electron chi connectivity index (χ0n) is 2.63. The monoisotopic (exact) mass is 192 g/mol. The number of hydrogen-bond acceptors (Lipinski definition) is 4. The first kappa shape index (κ1) is 6.38. The average molecular weight is 192 g/mol. The normalized spacial score (nSPS) is 45.0. The summed E-state index contributed by atoms with van der Waals surface area (Å²) in [6.07, 6.45) is 0. The molecule has 1 fully saturated rings. The highest BCUT2D eigenvalue weighted by molar-refractivity contribution is 9.50. The molecule has 0 amide bonds. The van der Waals surface area contributed by atoms with Gasteiger partial charge in [-0.05, 0) is 0 Å². The zero-order valence-corrected chi connectivity index (χ0v) is 7.90. The molecule has 0 nitrogen and oxygen atoms in total. The lowest BCUT2D eigenvalue weighted by atomic mass is 29.2. The summed E-state index contributed by atoms with van der Waals surface area (Å²) in [5.41, 5.74) is -0.769. The summed E-state index contributed by atoms with van der Waals surface area (Å²) in [5.74, 6) is 0. The van der Waals surface area contributed by atoms with Crippen molar-refractivity contribution in [3.8, 4) is 0 Å². The van der Waals surface area contributed by atoms with Gasteiger partial charge in [0, 0.05) is 0 Å². The van der Waals surface area contributed by atoms with Gasteiger partial charge in [-0.1, -0.05) is 0 Å². The van der Waals surface area contributed by atoms with Crippen LogP contribution in [0.25, 0.3) is 0 Å². The van der Waals surface area contributed by atoms with E-state index in [4.69, 9.17) is 24.5 Å². The topological polar surface area (TPSA) is 0 Å². The fourth-order valence-corrected chi connectivity index (χ4v) is 28.2. The van der Waals surface area contributed by atoms with E-state index in [1.807, 2.05) is 22.0 Å². The van der Waals surface area contributed by atoms with Gasteiger partial charge < -0.3 is 24.5 Å². The molecule has 36 valence electrons. The van der Waals surface area contributed by atoms with Crippen LogP contribution in [0.15, 0.2) is 0 Å². The van der Waals surface area contributed by atoms with Crippen LogP contribution in [-0.4, -0.2) is 0 Å². The van der Waals surface area contributed by atoms with Crippen LogP contribution in [0.2, 0.25) is 0 Å². The third kappa shape index (κ3) is 1.65. The maximum atomic E-state index is 4.93. The molecule has 1 rings (SSSR count). The van der Waals surface area contributed by atoms with Crippen molar-refractivity contribution < 1.29 is 0 Å². The van der Waals surface area contributed by atoms with Crippen LogP contribution in [0.1, 0.15) is 0 Å². The summed E-state index contributed by atoms with van der Waals surface area (Å²) in [4.78, 5) is 0. The van der Waals surface area contributed by atoms with E-state index in [1.54, 1.807) is 0 Å². The molecule has 0 aliphatic carbocycles. The Kier molecular flexibility index (Phi) is 2.87. The molecule has 0 unspecified atom stereocenters. The second kappa shape index (κ2) is 2.70. The van der Waals surface area contributed by atoms with Crippen LogP contribution in [0.5, 0.6) is 0 Å². The van der Waals surface area contributed by atoms with Gasteiger partial charge in [0.05, 0.1) is 11.1 Å². The van der Waals surface area contributed by atoms with Crippen molar-refractivity contribution in [3.05, 3.63) is 0 Å². The predicted octanol–water partition coefficient (Wildman–Crippen LogP) is 2.48. The molecule has 6 heteroatoms. The minimum absolute atomic E-state index is 0.384. The lowest BCUT2D eigenvalue weighted by molar-refractivity contribution is 4.97. The van der Waals surface area contributed by atoms with E-state index in [0.29, 0.717) is 0 Å². The van der Waals surface area contributed by atoms with Gasteiger partial charge in [0.1, 0.15) is 0 Å².